The average Bonchev–Trinajstić information content (AvgIpc) is 2.71. The molecule has 0 atom stereocenters. The third kappa shape index (κ3) is 7.02. The molecule has 0 saturated heterocycles. The summed E-state index contributed by atoms with van der Waals surface area (Å²) >= 11 is 0. The Hall–Kier alpha value is -3.16. The first-order valence-electron chi connectivity index (χ1n) is 9.16. The lowest BCUT2D eigenvalue weighted by atomic mass is 10.2. The van der Waals surface area contributed by atoms with E-state index in [2.05, 4.69) is 0 Å². The van der Waals surface area contributed by atoms with Crippen LogP contribution in [0.25, 0.3) is 6.08 Å². The molecule has 2 rings (SSSR count). The van der Waals surface area contributed by atoms with Crippen LogP contribution in [0.1, 0.15) is 18.1 Å². The normalized spacial score (nSPS) is 11.4. The fraction of sp³-hybridized carbons (Fsp3) is 0.318. The van der Waals surface area contributed by atoms with E-state index in [1.807, 2.05) is 19.1 Å². The van der Waals surface area contributed by atoms with E-state index in [0.717, 1.165) is 5.56 Å². The standard InChI is InChI=1S/C22H24F3NO4/c1-4-5-16-8-11-19(20(12-16)29-3)30-14-21(27)26(15-22(23,24)25)13-17-6-9-18(28-2)10-7-17/h4-12H,13-15H2,1-3H3/b5-4+. The van der Waals surface area contributed by atoms with Crippen LogP contribution >= 0.6 is 0 Å². The molecule has 0 aliphatic rings. The lowest BCUT2D eigenvalue weighted by molar-refractivity contribution is -0.163. The smallest absolute Gasteiger partial charge is 0.406 e. The van der Waals surface area contributed by atoms with E-state index < -0.39 is 25.2 Å². The molecule has 0 aliphatic heterocycles. The Balaban J connectivity index is 2.11. The fourth-order valence-corrected chi connectivity index (χ4v) is 2.73. The molecule has 0 fully saturated rings. The van der Waals surface area contributed by atoms with Gasteiger partial charge in [0, 0.05) is 6.54 Å². The van der Waals surface area contributed by atoms with Gasteiger partial charge in [-0.1, -0.05) is 30.4 Å². The third-order valence-corrected chi connectivity index (χ3v) is 4.15. The minimum atomic E-state index is -4.53. The van der Waals surface area contributed by atoms with Crippen LogP contribution in [-0.4, -0.2) is 44.4 Å². The first kappa shape index (κ1) is 23.1. The highest BCUT2D eigenvalue weighted by molar-refractivity contribution is 5.78. The van der Waals surface area contributed by atoms with Crippen molar-refractivity contribution in [1.82, 2.24) is 4.90 Å². The van der Waals surface area contributed by atoms with Crippen LogP contribution in [-0.2, 0) is 11.3 Å². The van der Waals surface area contributed by atoms with Crippen molar-refractivity contribution >= 4 is 12.0 Å². The maximum Gasteiger partial charge on any atom is 0.406 e. The number of alkyl halides is 3. The SMILES string of the molecule is C/C=C/c1ccc(OCC(=O)N(Cc2ccc(OC)cc2)CC(F)(F)F)c(OC)c1. The van der Waals surface area contributed by atoms with Crippen LogP contribution in [0.2, 0.25) is 0 Å². The van der Waals surface area contributed by atoms with Gasteiger partial charge in [-0.2, -0.15) is 13.2 Å². The van der Waals surface area contributed by atoms with Crippen molar-refractivity contribution in [1.29, 1.82) is 0 Å². The molecule has 0 aromatic heterocycles. The van der Waals surface area contributed by atoms with Crippen LogP contribution in [0.4, 0.5) is 13.2 Å². The van der Waals surface area contributed by atoms with Gasteiger partial charge in [-0.05, 0) is 42.3 Å². The molecule has 0 radical (unpaired) electrons. The van der Waals surface area contributed by atoms with Crippen LogP contribution in [0.3, 0.4) is 0 Å². The van der Waals surface area contributed by atoms with Gasteiger partial charge in [0.15, 0.2) is 18.1 Å². The second-order valence-electron chi connectivity index (χ2n) is 6.41. The lowest BCUT2D eigenvalue weighted by Gasteiger charge is -2.24. The molecular weight excluding hydrogens is 399 g/mol. The quantitative estimate of drug-likeness (QED) is 0.586. The molecule has 162 valence electrons. The van der Waals surface area contributed by atoms with E-state index in [1.165, 1.54) is 14.2 Å². The molecule has 0 unspecified atom stereocenters. The van der Waals surface area contributed by atoms with Gasteiger partial charge in [0.2, 0.25) is 0 Å². The van der Waals surface area contributed by atoms with E-state index in [0.29, 0.717) is 22.0 Å². The van der Waals surface area contributed by atoms with E-state index in [-0.39, 0.29) is 12.3 Å². The molecule has 0 aliphatic carbocycles. The molecule has 1 amide bonds. The lowest BCUT2D eigenvalue weighted by Crippen LogP contribution is -2.41. The Labute approximate surface area is 173 Å². The summed E-state index contributed by atoms with van der Waals surface area (Å²) in [6.45, 7) is -0.263. The van der Waals surface area contributed by atoms with E-state index in [1.54, 1.807) is 42.5 Å². The highest BCUT2D eigenvalue weighted by atomic mass is 19.4. The van der Waals surface area contributed by atoms with Gasteiger partial charge in [-0.25, -0.2) is 0 Å². The minimum absolute atomic E-state index is 0.205. The molecule has 0 N–H and O–H groups in total. The Morgan fingerprint density at radius 1 is 1.03 bits per heavy atom. The topological polar surface area (TPSA) is 48.0 Å². The zero-order valence-electron chi connectivity index (χ0n) is 17.0. The average molecular weight is 423 g/mol. The zero-order chi connectivity index (χ0) is 22.1. The highest BCUT2D eigenvalue weighted by Gasteiger charge is 2.33. The van der Waals surface area contributed by atoms with Crippen molar-refractivity contribution in [3.63, 3.8) is 0 Å². The van der Waals surface area contributed by atoms with Gasteiger partial charge in [-0.15, -0.1) is 0 Å². The fourth-order valence-electron chi connectivity index (χ4n) is 2.73. The number of ether oxygens (including phenoxy) is 3. The number of amides is 1. The van der Waals surface area contributed by atoms with Gasteiger partial charge in [0.1, 0.15) is 12.3 Å². The second-order valence-corrected chi connectivity index (χ2v) is 6.41. The van der Waals surface area contributed by atoms with Crippen LogP contribution in [0, 0.1) is 0 Å². The molecule has 2 aromatic rings. The highest BCUT2D eigenvalue weighted by Crippen LogP contribution is 2.29. The predicted octanol–water partition coefficient (Wildman–Crippen LogP) is 4.71. The summed E-state index contributed by atoms with van der Waals surface area (Å²) in [7, 11) is 2.94. The molecule has 0 bridgehead atoms. The van der Waals surface area contributed by atoms with E-state index in [9.17, 15) is 18.0 Å². The summed E-state index contributed by atoms with van der Waals surface area (Å²) in [5, 5.41) is 0. The number of hydrogen-bond acceptors (Lipinski definition) is 4. The Kier molecular flexibility index (Phi) is 8.15. The van der Waals surface area contributed by atoms with Gasteiger partial charge >= 0.3 is 6.18 Å². The van der Waals surface area contributed by atoms with E-state index >= 15 is 0 Å². The summed E-state index contributed by atoms with van der Waals surface area (Å²) in [5.74, 6) is 0.443. The van der Waals surface area contributed by atoms with Crippen molar-refractivity contribution in [2.24, 2.45) is 0 Å². The number of hydrogen-bond donors (Lipinski definition) is 0. The number of nitrogens with zero attached hydrogens (tertiary/aromatic N) is 1. The summed E-state index contributed by atoms with van der Waals surface area (Å²) in [5.41, 5.74) is 1.41. The maximum atomic E-state index is 13.0. The first-order chi connectivity index (χ1) is 14.3. The van der Waals surface area contributed by atoms with Gasteiger partial charge in [0.05, 0.1) is 14.2 Å². The number of allylic oxidation sites excluding steroid dienone is 1. The zero-order valence-corrected chi connectivity index (χ0v) is 17.0. The van der Waals surface area contributed by atoms with Gasteiger partial charge < -0.3 is 19.1 Å². The predicted molar refractivity (Wildman–Crippen MR) is 108 cm³/mol. The molecular formula is C22H24F3NO4. The maximum absolute atomic E-state index is 13.0. The second kappa shape index (κ2) is 10.6. The van der Waals surface area contributed by atoms with Crippen molar-refractivity contribution < 1.29 is 32.2 Å². The first-order valence-corrected chi connectivity index (χ1v) is 9.16. The number of methoxy groups -OCH3 is 2. The molecule has 30 heavy (non-hydrogen) atoms. The Bertz CT molecular complexity index is 864. The number of halogens is 3. The van der Waals surface area contributed by atoms with Crippen molar-refractivity contribution in [3.8, 4) is 17.2 Å². The summed E-state index contributed by atoms with van der Waals surface area (Å²) in [6, 6.07) is 11.5. The van der Waals surface area contributed by atoms with Crippen molar-refractivity contribution in [2.75, 3.05) is 27.4 Å². The Morgan fingerprint density at radius 2 is 1.73 bits per heavy atom. The van der Waals surface area contributed by atoms with Gasteiger partial charge in [0.25, 0.3) is 5.91 Å². The molecule has 0 heterocycles. The van der Waals surface area contributed by atoms with Crippen molar-refractivity contribution in [2.45, 2.75) is 19.6 Å². The third-order valence-electron chi connectivity index (χ3n) is 4.15. The molecule has 8 heteroatoms. The number of carbonyl (C=O) groups excluding carboxylic acids is 1. The van der Waals surface area contributed by atoms with Crippen molar-refractivity contribution in [3.05, 3.63) is 59.7 Å². The minimum Gasteiger partial charge on any atom is -0.497 e. The largest absolute Gasteiger partial charge is 0.497 e. The number of benzene rings is 2. The monoisotopic (exact) mass is 423 g/mol. The van der Waals surface area contributed by atoms with Crippen LogP contribution < -0.4 is 14.2 Å². The molecule has 0 spiro atoms. The molecule has 0 saturated carbocycles. The summed E-state index contributed by atoms with van der Waals surface area (Å²) < 4.78 is 54.8. The Morgan fingerprint density at radius 3 is 2.30 bits per heavy atom. The van der Waals surface area contributed by atoms with E-state index in [4.69, 9.17) is 14.2 Å². The van der Waals surface area contributed by atoms with Gasteiger partial charge in [-0.3, -0.25) is 4.79 Å². The van der Waals surface area contributed by atoms with Crippen LogP contribution in [0.5, 0.6) is 17.2 Å². The molecule has 2 aromatic carbocycles. The summed E-state index contributed by atoms with van der Waals surface area (Å²) in [6.07, 6.45) is -0.821. The number of carbonyl (C=O) groups is 1. The van der Waals surface area contributed by atoms with Crippen LogP contribution in [0.15, 0.2) is 48.5 Å². The molecule has 5 nitrogen and oxygen atoms in total. The summed E-state index contributed by atoms with van der Waals surface area (Å²) in [4.78, 5) is 13.2. The number of rotatable bonds is 9.